The first-order valence-corrected chi connectivity index (χ1v) is 7.67. The Hall–Kier alpha value is -3.22. The lowest BCUT2D eigenvalue weighted by Crippen LogP contribution is -2.30. The summed E-state index contributed by atoms with van der Waals surface area (Å²) in [6.45, 7) is 1.16. The zero-order valence-electron chi connectivity index (χ0n) is 14.2. The third-order valence-electron chi connectivity index (χ3n) is 3.50. The molecule has 0 unspecified atom stereocenters. The fourth-order valence-electron chi connectivity index (χ4n) is 2.16. The van der Waals surface area contributed by atoms with Gasteiger partial charge in [-0.05, 0) is 43.3 Å². The van der Waals surface area contributed by atoms with Crippen LogP contribution < -0.4 is 10.1 Å². The fraction of sp³-hybridized carbons (Fsp3) is 0.222. The van der Waals surface area contributed by atoms with Crippen LogP contribution in [0.4, 0.5) is 32.0 Å². The standard InChI is InChI=1S/C18H12F6N2O2/c1-10(16(27)26-14-4-2-3-11(5-14)9-25)28-15-7-12(17(19,20)21)6-13(8-15)18(22,23)24/h2-8,10H,1H3,(H,26,27)/t10-/m0/s1. The van der Waals surface area contributed by atoms with E-state index in [0.29, 0.717) is 12.1 Å². The van der Waals surface area contributed by atoms with Crippen molar-refractivity contribution in [1.82, 2.24) is 0 Å². The molecule has 28 heavy (non-hydrogen) atoms. The number of alkyl halides is 6. The first kappa shape index (κ1) is 21.1. The van der Waals surface area contributed by atoms with E-state index in [-0.39, 0.29) is 17.3 Å². The highest BCUT2D eigenvalue weighted by molar-refractivity contribution is 5.94. The van der Waals surface area contributed by atoms with Gasteiger partial charge >= 0.3 is 12.4 Å². The molecule has 0 radical (unpaired) electrons. The van der Waals surface area contributed by atoms with Crippen LogP contribution >= 0.6 is 0 Å². The maximum Gasteiger partial charge on any atom is 0.416 e. The molecule has 0 saturated carbocycles. The molecule has 148 valence electrons. The van der Waals surface area contributed by atoms with E-state index in [9.17, 15) is 31.1 Å². The Balaban J connectivity index is 2.23. The normalized spacial score (nSPS) is 12.8. The zero-order valence-corrected chi connectivity index (χ0v) is 14.2. The number of nitrogens with zero attached hydrogens (tertiary/aromatic N) is 1. The average molecular weight is 402 g/mol. The molecule has 1 N–H and O–H groups in total. The first-order chi connectivity index (χ1) is 12.9. The van der Waals surface area contributed by atoms with E-state index in [1.54, 1.807) is 0 Å². The molecule has 0 fully saturated rings. The summed E-state index contributed by atoms with van der Waals surface area (Å²) in [7, 11) is 0. The highest BCUT2D eigenvalue weighted by atomic mass is 19.4. The van der Waals surface area contributed by atoms with Gasteiger partial charge in [0.05, 0.1) is 22.8 Å². The second-order valence-electron chi connectivity index (χ2n) is 5.68. The summed E-state index contributed by atoms with van der Waals surface area (Å²) in [6, 6.07) is 8.36. The molecule has 0 aliphatic carbocycles. The van der Waals surface area contributed by atoms with E-state index >= 15 is 0 Å². The molecule has 0 heterocycles. The zero-order chi connectivity index (χ0) is 21.1. The van der Waals surface area contributed by atoms with E-state index < -0.39 is 41.2 Å². The SMILES string of the molecule is C[C@H](Oc1cc(C(F)(F)F)cc(C(F)(F)F)c1)C(=O)Nc1cccc(C#N)c1. The number of nitriles is 1. The highest BCUT2D eigenvalue weighted by Crippen LogP contribution is 2.38. The van der Waals surface area contributed by atoms with Crippen molar-refractivity contribution in [3.63, 3.8) is 0 Å². The summed E-state index contributed by atoms with van der Waals surface area (Å²) >= 11 is 0. The molecule has 1 atom stereocenters. The molecule has 0 saturated heterocycles. The van der Waals surface area contributed by atoms with Crippen molar-refractivity contribution in [2.75, 3.05) is 5.32 Å². The van der Waals surface area contributed by atoms with Crippen LogP contribution in [0.15, 0.2) is 42.5 Å². The van der Waals surface area contributed by atoms with Gasteiger partial charge in [0.1, 0.15) is 5.75 Å². The smallest absolute Gasteiger partial charge is 0.416 e. The van der Waals surface area contributed by atoms with Gasteiger partial charge in [0.25, 0.3) is 5.91 Å². The van der Waals surface area contributed by atoms with Crippen LogP contribution in [0.5, 0.6) is 5.75 Å². The van der Waals surface area contributed by atoms with Crippen molar-refractivity contribution < 1.29 is 35.9 Å². The maximum atomic E-state index is 12.9. The predicted octanol–water partition coefficient (Wildman–Crippen LogP) is 5.00. The topological polar surface area (TPSA) is 62.1 Å². The van der Waals surface area contributed by atoms with Crippen molar-refractivity contribution in [2.24, 2.45) is 0 Å². The molecular weight excluding hydrogens is 390 g/mol. The molecule has 4 nitrogen and oxygen atoms in total. The monoisotopic (exact) mass is 402 g/mol. The summed E-state index contributed by atoms with van der Waals surface area (Å²) in [5, 5.41) is 11.2. The number of ether oxygens (including phenoxy) is 1. The molecular formula is C18H12F6N2O2. The molecule has 2 rings (SSSR count). The number of rotatable bonds is 4. The van der Waals surface area contributed by atoms with Crippen LogP contribution in [-0.2, 0) is 17.1 Å². The second-order valence-corrected chi connectivity index (χ2v) is 5.68. The third kappa shape index (κ3) is 5.39. The van der Waals surface area contributed by atoms with E-state index in [1.807, 2.05) is 6.07 Å². The number of hydrogen-bond donors (Lipinski definition) is 1. The van der Waals surface area contributed by atoms with Gasteiger partial charge in [0, 0.05) is 5.69 Å². The average Bonchev–Trinajstić information content (AvgIpc) is 2.60. The molecule has 0 aliphatic heterocycles. The molecule has 2 aromatic rings. The lowest BCUT2D eigenvalue weighted by atomic mass is 10.1. The Morgan fingerprint density at radius 2 is 1.61 bits per heavy atom. The van der Waals surface area contributed by atoms with Crippen molar-refractivity contribution in [3.05, 3.63) is 59.2 Å². The number of halogens is 6. The minimum absolute atomic E-state index is 0.0367. The van der Waals surface area contributed by atoms with Gasteiger partial charge in [-0.25, -0.2) is 0 Å². The summed E-state index contributed by atoms with van der Waals surface area (Å²) < 4.78 is 82.2. The quantitative estimate of drug-likeness (QED) is 0.732. The van der Waals surface area contributed by atoms with Crippen LogP contribution in [0.2, 0.25) is 0 Å². The Kier molecular flexibility index (Phi) is 5.87. The Labute approximate surface area is 155 Å². The van der Waals surface area contributed by atoms with Crippen molar-refractivity contribution in [3.8, 4) is 11.8 Å². The van der Waals surface area contributed by atoms with Crippen LogP contribution in [0, 0.1) is 11.3 Å². The number of benzene rings is 2. The number of carbonyl (C=O) groups excluding carboxylic acids is 1. The van der Waals surface area contributed by atoms with Gasteiger partial charge < -0.3 is 10.1 Å². The Bertz CT molecular complexity index is 883. The highest BCUT2D eigenvalue weighted by Gasteiger charge is 2.37. The van der Waals surface area contributed by atoms with Crippen molar-refractivity contribution >= 4 is 11.6 Å². The van der Waals surface area contributed by atoms with Crippen LogP contribution in [-0.4, -0.2) is 12.0 Å². The number of hydrogen-bond acceptors (Lipinski definition) is 3. The third-order valence-corrected chi connectivity index (χ3v) is 3.50. The lowest BCUT2D eigenvalue weighted by Gasteiger charge is -2.18. The van der Waals surface area contributed by atoms with E-state index in [4.69, 9.17) is 10.00 Å². The molecule has 0 spiro atoms. The van der Waals surface area contributed by atoms with Crippen LogP contribution in [0.1, 0.15) is 23.6 Å². The molecule has 0 aromatic heterocycles. The fourth-order valence-corrected chi connectivity index (χ4v) is 2.16. The van der Waals surface area contributed by atoms with E-state index in [0.717, 1.165) is 6.92 Å². The predicted molar refractivity (Wildman–Crippen MR) is 86.3 cm³/mol. The Morgan fingerprint density at radius 1 is 1.04 bits per heavy atom. The van der Waals surface area contributed by atoms with Crippen molar-refractivity contribution in [2.45, 2.75) is 25.4 Å². The number of carbonyl (C=O) groups is 1. The van der Waals surface area contributed by atoms with Crippen LogP contribution in [0.3, 0.4) is 0 Å². The van der Waals surface area contributed by atoms with Gasteiger partial charge in [-0.15, -0.1) is 0 Å². The maximum absolute atomic E-state index is 12.9. The van der Waals surface area contributed by atoms with E-state index in [2.05, 4.69) is 5.32 Å². The largest absolute Gasteiger partial charge is 0.481 e. The molecule has 0 aliphatic rings. The number of anilines is 1. The van der Waals surface area contributed by atoms with Gasteiger partial charge in [-0.3, -0.25) is 4.79 Å². The summed E-state index contributed by atoms with van der Waals surface area (Å²) in [5.41, 5.74) is -2.63. The number of amides is 1. The second kappa shape index (κ2) is 7.80. The van der Waals surface area contributed by atoms with Crippen LogP contribution in [0.25, 0.3) is 0 Å². The van der Waals surface area contributed by atoms with Gasteiger partial charge in [0.2, 0.25) is 0 Å². The summed E-state index contributed by atoms with van der Waals surface area (Å²) in [4.78, 5) is 12.1. The molecule has 0 bridgehead atoms. The van der Waals surface area contributed by atoms with Gasteiger partial charge in [0.15, 0.2) is 6.10 Å². The minimum atomic E-state index is -5.03. The Morgan fingerprint density at radius 3 is 2.11 bits per heavy atom. The van der Waals surface area contributed by atoms with E-state index in [1.165, 1.54) is 24.3 Å². The van der Waals surface area contributed by atoms with Crippen molar-refractivity contribution in [1.29, 1.82) is 5.26 Å². The molecule has 1 amide bonds. The summed E-state index contributed by atoms with van der Waals surface area (Å²) in [6.07, 6.45) is -11.5. The molecule has 10 heteroatoms. The minimum Gasteiger partial charge on any atom is -0.481 e. The van der Waals surface area contributed by atoms with Gasteiger partial charge in [-0.2, -0.15) is 31.6 Å². The number of nitrogens with one attached hydrogen (secondary N) is 1. The van der Waals surface area contributed by atoms with Gasteiger partial charge in [-0.1, -0.05) is 6.07 Å². The lowest BCUT2D eigenvalue weighted by molar-refractivity contribution is -0.143. The first-order valence-electron chi connectivity index (χ1n) is 7.67. The molecule has 2 aromatic carbocycles. The summed E-state index contributed by atoms with van der Waals surface area (Å²) in [5.74, 6) is -1.57.